The quantitative estimate of drug-likeness (QED) is 0.214. The van der Waals surface area contributed by atoms with Gasteiger partial charge in [-0.2, -0.15) is 0 Å². The molecule has 0 amide bonds. The van der Waals surface area contributed by atoms with Crippen molar-refractivity contribution >= 4 is 0 Å². The Kier molecular flexibility index (Phi) is 6.24. The van der Waals surface area contributed by atoms with Crippen LogP contribution in [-0.2, 0) is 0 Å². The lowest BCUT2D eigenvalue weighted by molar-refractivity contribution is 0.146. The summed E-state index contributed by atoms with van der Waals surface area (Å²) >= 11 is 0. The predicted octanol–water partition coefficient (Wildman–Crippen LogP) is 14.8. The summed E-state index contributed by atoms with van der Waals surface area (Å²) in [7, 11) is 0. The van der Waals surface area contributed by atoms with Crippen molar-refractivity contribution in [1.82, 2.24) is 0 Å². The van der Waals surface area contributed by atoms with E-state index in [1.165, 1.54) is 64.2 Å². The van der Waals surface area contributed by atoms with E-state index < -0.39 is 0 Å². The maximum atomic E-state index is 2.74. The molecule has 14 saturated carbocycles. The molecule has 316 valence electrons. The molecule has 0 heteroatoms. The molecule has 20 rings (SSSR count). The first-order valence-electron chi connectivity index (χ1n) is 27.4. The molecule has 23 unspecified atom stereocenters. The van der Waals surface area contributed by atoms with Gasteiger partial charge in [0.1, 0.15) is 0 Å². The average Bonchev–Trinajstić information content (AvgIpc) is 4.07. The highest BCUT2D eigenvalue weighted by atomic mass is 14.8. The largest absolute Gasteiger partial charge is 0.0848 e. The van der Waals surface area contributed by atoms with E-state index in [-0.39, 0.29) is 0 Å². The standard InChI is InChI=1S/C15H18.2C15H20.C15H18/c1-3-14-8-10(1)5-12(14)7-13-6-11-2-4-15(13,14)9-11;3*1-3-14-7-10(1)5-12(14)13-6-11-2-4-15(13,8-11)9-14/h1-4,10-13H,5-9H2;5,10-11,13H,1-4,6-9H2;1,3,10-13H,2,4-9H2;1-4,10-13H,5-9H2. The molecule has 23 atom stereocenters. The van der Waals surface area contributed by atoms with Gasteiger partial charge in [-0.05, 0) is 282 Å². The van der Waals surface area contributed by atoms with Gasteiger partial charge in [-0.25, -0.2) is 0 Å². The molecule has 14 fully saturated rings. The molecule has 20 aliphatic rings. The van der Waals surface area contributed by atoms with Gasteiger partial charge in [0.25, 0.3) is 0 Å². The number of rotatable bonds is 0. The topological polar surface area (TPSA) is 0 Å². The van der Waals surface area contributed by atoms with Crippen molar-refractivity contribution in [1.29, 1.82) is 0 Å². The molecule has 0 heterocycles. The molecule has 8 spiro atoms. The molecule has 0 aromatic rings. The lowest BCUT2D eigenvalue weighted by Crippen LogP contribution is -2.35. The molecule has 0 aromatic heterocycles. The van der Waals surface area contributed by atoms with Gasteiger partial charge in [-0.15, -0.1) is 0 Å². The Morgan fingerprint density at radius 2 is 0.933 bits per heavy atom. The lowest BCUT2D eigenvalue weighted by Gasteiger charge is -2.41. The first-order valence-corrected chi connectivity index (χ1v) is 27.4. The van der Waals surface area contributed by atoms with Crippen LogP contribution in [0.25, 0.3) is 0 Å². The number of allylic oxidation sites excluding steroid dienone is 12. The van der Waals surface area contributed by atoms with E-state index in [9.17, 15) is 0 Å². The molecule has 0 N–H and O–H groups in total. The predicted molar refractivity (Wildman–Crippen MR) is 241 cm³/mol. The van der Waals surface area contributed by atoms with E-state index in [0.717, 1.165) is 110 Å². The zero-order valence-corrected chi connectivity index (χ0v) is 37.2. The van der Waals surface area contributed by atoms with E-state index in [1.807, 2.05) is 5.57 Å². The lowest BCUT2D eigenvalue weighted by atomic mass is 9.62. The van der Waals surface area contributed by atoms with Crippen molar-refractivity contribution in [3.8, 4) is 0 Å². The molecule has 0 saturated heterocycles. The number of hydrogen-bond donors (Lipinski definition) is 0. The Balaban J connectivity index is 0.0000000713. The van der Waals surface area contributed by atoms with Crippen LogP contribution in [0.4, 0.5) is 0 Å². The molecule has 0 aliphatic heterocycles. The van der Waals surface area contributed by atoms with Crippen LogP contribution in [0, 0.1) is 132 Å². The SMILES string of the molecule is C1=C2C3CC4CCC3(C4)CC23CCC1C3.C1=CC23CC1CC2C1CC2C=CC1(C2)C3.C1=CC23CC1CC2C1CC2CCC1(C2)C3.C1=CC23CC1CC2CC1CC2C=CC13C2. The molecule has 0 nitrogen and oxygen atoms in total. The van der Waals surface area contributed by atoms with Gasteiger partial charge in [0.15, 0.2) is 0 Å². The van der Waals surface area contributed by atoms with Gasteiger partial charge >= 0.3 is 0 Å². The molecular formula is C60H76. The normalized spacial score (nSPS) is 66.1. The molecule has 20 aliphatic carbocycles. The van der Waals surface area contributed by atoms with Crippen LogP contribution in [0.1, 0.15) is 161 Å². The van der Waals surface area contributed by atoms with Crippen molar-refractivity contribution in [3.63, 3.8) is 0 Å². The number of fused-ring (bicyclic) bond motifs is 11. The third-order valence-electron chi connectivity index (χ3n) is 26.7. The van der Waals surface area contributed by atoms with Crippen LogP contribution in [0.15, 0.2) is 72.4 Å². The molecule has 0 radical (unpaired) electrons. The summed E-state index contributed by atoms with van der Waals surface area (Å²) in [6.07, 6.45) is 67.6. The highest BCUT2D eigenvalue weighted by Gasteiger charge is 2.72. The van der Waals surface area contributed by atoms with E-state index in [2.05, 4.69) is 66.8 Å². The summed E-state index contributed by atoms with van der Waals surface area (Å²) in [6, 6.07) is 0. The van der Waals surface area contributed by atoms with Crippen LogP contribution in [-0.4, -0.2) is 0 Å². The summed E-state index contributed by atoms with van der Waals surface area (Å²) in [6.45, 7) is 0. The Hall–Kier alpha value is -1.56. The third kappa shape index (κ3) is 3.95. The van der Waals surface area contributed by atoms with Crippen LogP contribution < -0.4 is 0 Å². The maximum Gasteiger partial charge on any atom is 0.000977 e. The van der Waals surface area contributed by atoms with Crippen molar-refractivity contribution < 1.29 is 0 Å². The monoisotopic (exact) mass is 797 g/mol. The molecule has 16 bridgehead atoms. The van der Waals surface area contributed by atoms with Crippen molar-refractivity contribution in [2.24, 2.45) is 132 Å². The minimum atomic E-state index is 0.643. The van der Waals surface area contributed by atoms with Gasteiger partial charge in [0, 0.05) is 10.8 Å². The van der Waals surface area contributed by atoms with E-state index in [1.54, 1.807) is 96.3 Å². The van der Waals surface area contributed by atoms with Gasteiger partial charge < -0.3 is 0 Å². The highest BCUT2D eigenvalue weighted by molar-refractivity contribution is 5.40. The third-order valence-corrected chi connectivity index (χ3v) is 26.7. The van der Waals surface area contributed by atoms with Crippen LogP contribution >= 0.6 is 0 Å². The first kappa shape index (κ1) is 34.8. The maximum absolute atomic E-state index is 2.74. The molecule has 0 aromatic carbocycles. The fourth-order valence-corrected chi connectivity index (χ4v) is 25.7. The molecule has 60 heavy (non-hydrogen) atoms. The van der Waals surface area contributed by atoms with E-state index >= 15 is 0 Å². The second-order valence-electron chi connectivity index (χ2n) is 28.5. The Morgan fingerprint density at radius 3 is 1.52 bits per heavy atom. The zero-order valence-electron chi connectivity index (χ0n) is 37.2. The van der Waals surface area contributed by atoms with Crippen LogP contribution in [0.2, 0.25) is 0 Å². The number of hydrogen-bond acceptors (Lipinski definition) is 0. The van der Waals surface area contributed by atoms with E-state index in [4.69, 9.17) is 0 Å². The summed E-state index contributed by atoms with van der Waals surface area (Å²) in [5, 5.41) is 0. The van der Waals surface area contributed by atoms with Gasteiger partial charge in [-0.1, -0.05) is 72.4 Å². The van der Waals surface area contributed by atoms with Gasteiger partial charge in [0.2, 0.25) is 0 Å². The Morgan fingerprint density at radius 1 is 0.383 bits per heavy atom. The molecular weight excluding hydrogens is 721 g/mol. The minimum absolute atomic E-state index is 0.643. The van der Waals surface area contributed by atoms with Crippen molar-refractivity contribution in [2.45, 2.75) is 161 Å². The van der Waals surface area contributed by atoms with Crippen molar-refractivity contribution in [3.05, 3.63) is 72.4 Å². The first-order chi connectivity index (χ1) is 29.2. The highest BCUT2D eigenvalue weighted by Crippen LogP contribution is 2.81. The summed E-state index contributed by atoms with van der Waals surface area (Å²) < 4.78 is 0. The fraction of sp³-hybridized carbons (Fsp3) is 0.800. The van der Waals surface area contributed by atoms with Gasteiger partial charge in [0.05, 0.1) is 0 Å². The Labute approximate surface area is 363 Å². The minimum Gasteiger partial charge on any atom is -0.0848 e. The second-order valence-corrected chi connectivity index (χ2v) is 28.5. The smallest absolute Gasteiger partial charge is 0.000977 e. The average molecular weight is 797 g/mol. The van der Waals surface area contributed by atoms with E-state index in [0.29, 0.717) is 21.7 Å². The van der Waals surface area contributed by atoms with Crippen LogP contribution in [0.5, 0.6) is 0 Å². The zero-order chi connectivity index (χ0) is 38.7. The summed E-state index contributed by atoms with van der Waals surface area (Å²) in [5.74, 6) is 15.7. The summed E-state index contributed by atoms with van der Waals surface area (Å²) in [5.41, 5.74) is 7.81. The Bertz CT molecular complexity index is 2080. The van der Waals surface area contributed by atoms with Gasteiger partial charge in [-0.3, -0.25) is 0 Å². The second kappa shape index (κ2) is 10.8. The fourth-order valence-electron chi connectivity index (χ4n) is 25.7. The summed E-state index contributed by atoms with van der Waals surface area (Å²) in [4.78, 5) is 0. The van der Waals surface area contributed by atoms with Crippen LogP contribution in [0.3, 0.4) is 0 Å². The van der Waals surface area contributed by atoms with Crippen molar-refractivity contribution in [2.75, 3.05) is 0 Å².